The number of benzene rings is 2. The lowest BCUT2D eigenvalue weighted by Crippen LogP contribution is -2.14. The molecule has 0 amide bonds. The fourth-order valence-corrected chi connectivity index (χ4v) is 3.76. The first-order valence-corrected chi connectivity index (χ1v) is 11.9. The molecule has 3 aromatic rings. The van der Waals surface area contributed by atoms with Gasteiger partial charge in [-0.2, -0.15) is 0 Å². The van der Waals surface area contributed by atoms with Crippen molar-refractivity contribution in [2.75, 3.05) is 6.61 Å². The van der Waals surface area contributed by atoms with Crippen LogP contribution in [-0.2, 0) is 4.79 Å². The van der Waals surface area contributed by atoms with Crippen LogP contribution in [0.25, 0.3) is 11.0 Å². The van der Waals surface area contributed by atoms with Crippen molar-refractivity contribution in [3.8, 4) is 5.75 Å². The zero-order valence-electron chi connectivity index (χ0n) is 19.8. The number of Topliss-reactive ketones (excluding diaryl/α,β-unsaturated/α-hetero) is 1. The molecule has 0 fully saturated rings. The molecule has 0 aliphatic heterocycles. The number of fused-ring (bicyclic) bond motifs is 1. The Labute approximate surface area is 200 Å². The van der Waals surface area contributed by atoms with E-state index in [0.29, 0.717) is 40.9 Å². The second-order valence-electron chi connectivity index (χ2n) is 8.62. The Bertz CT molecular complexity index is 1190. The fraction of sp³-hybridized carbons (Fsp3) is 0.345. The maximum atomic E-state index is 12.6. The fourth-order valence-electron chi connectivity index (χ4n) is 3.76. The number of rotatable bonds is 14. The van der Waals surface area contributed by atoms with Gasteiger partial charge in [0.05, 0.1) is 6.61 Å². The normalized spacial score (nSPS) is 10.9. The minimum atomic E-state index is -0.650. The second kappa shape index (κ2) is 12.7. The molecule has 0 N–H and O–H groups in total. The molecule has 178 valence electrons. The van der Waals surface area contributed by atoms with Gasteiger partial charge in [0, 0.05) is 23.4 Å². The molecule has 0 spiro atoms. The van der Waals surface area contributed by atoms with Gasteiger partial charge in [-0.3, -0.25) is 9.59 Å². The Morgan fingerprint density at radius 2 is 1.56 bits per heavy atom. The number of carbonyl (C=O) groups is 2. The van der Waals surface area contributed by atoms with E-state index < -0.39 is 5.63 Å². The van der Waals surface area contributed by atoms with Crippen molar-refractivity contribution >= 4 is 22.5 Å². The Hall–Kier alpha value is -3.47. The quantitative estimate of drug-likeness (QED) is 0.116. The predicted octanol–water partition coefficient (Wildman–Crippen LogP) is 6.67. The highest BCUT2D eigenvalue weighted by Gasteiger charge is 2.15. The summed E-state index contributed by atoms with van der Waals surface area (Å²) >= 11 is 0. The van der Waals surface area contributed by atoms with Gasteiger partial charge in [-0.15, -0.1) is 0 Å². The largest absolute Gasteiger partial charge is 0.493 e. The van der Waals surface area contributed by atoms with Crippen LogP contribution in [0.15, 0.2) is 76.0 Å². The predicted molar refractivity (Wildman–Crippen MR) is 135 cm³/mol. The molecular formula is C29H32O5. The minimum Gasteiger partial charge on any atom is -0.493 e. The third kappa shape index (κ3) is 7.27. The van der Waals surface area contributed by atoms with E-state index in [1.165, 1.54) is 0 Å². The van der Waals surface area contributed by atoms with Crippen LogP contribution in [-0.4, -0.2) is 18.2 Å². The van der Waals surface area contributed by atoms with E-state index >= 15 is 0 Å². The number of allylic oxidation sites excluding steroid dienone is 1. The van der Waals surface area contributed by atoms with Crippen LogP contribution in [0.1, 0.15) is 74.2 Å². The summed E-state index contributed by atoms with van der Waals surface area (Å²) in [5.74, 6) is 0.461. The maximum Gasteiger partial charge on any atom is 0.347 e. The van der Waals surface area contributed by atoms with Gasteiger partial charge in [0.2, 0.25) is 0 Å². The lowest BCUT2D eigenvalue weighted by Gasteiger charge is -2.08. The average Bonchev–Trinajstić information content (AvgIpc) is 2.84. The van der Waals surface area contributed by atoms with E-state index in [0.717, 1.165) is 44.9 Å². The summed E-state index contributed by atoms with van der Waals surface area (Å²) in [5, 5.41) is 0.677. The number of carbonyl (C=O) groups excluding carboxylic acids is 2. The van der Waals surface area contributed by atoms with Gasteiger partial charge in [-0.05, 0) is 43.5 Å². The summed E-state index contributed by atoms with van der Waals surface area (Å²) < 4.78 is 11.2. The average molecular weight is 461 g/mol. The highest BCUT2D eigenvalue weighted by Crippen LogP contribution is 2.22. The van der Waals surface area contributed by atoms with Gasteiger partial charge in [-0.1, -0.05) is 69.0 Å². The smallest absolute Gasteiger partial charge is 0.347 e. The van der Waals surface area contributed by atoms with E-state index in [4.69, 9.17) is 9.15 Å². The molecule has 0 saturated heterocycles. The molecule has 0 atom stereocenters. The Morgan fingerprint density at radius 1 is 0.882 bits per heavy atom. The monoisotopic (exact) mass is 460 g/mol. The zero-order valence-corrected chi connectivity index (χ0v) is 19.8. The van der Waals surface area contributed by atoms with Gasteiger partial charge in [0.15, 0.2) is 11.6 Å². The van der Waals surface area contributed by atoms with Crippen LogP contribution in [0.3, 0.4) is 0 Å². The molecule has 0 bridgehead atoms. The molecule has 0 aliphatic rings. The molecule has 5 heteroatoms. The van der Waals surface area contributed by atoms with Crippen molar-refractivity contribution in [1.82, 2.24) is 0 Å². The topological polar surface area (TPSA) is 73.6 Å². The molecule has 2 aromatic carbocycles. The Morgan fingerprint density at radius 3 is 2.26 bits per heavy atom. The van der Waals surface area contributed by atoms with Crippen molar-refractivity contribution in [1.29, 1.82) is 0 Å². The number of unbranched alkanes of at least 4 members (excludes halogenated alkanes) is 6. The number of hydrogen-bond acceptors (Lipinski definition) is 5. The first kappa shape index (κ1) is 25.2. The first-order valence-electron chi connectivity index (χ1n) is 11.9. The van der Waals surface area contributed by atoms with Gasteiger partial charge in [0.25, 0.3) is 0 Å². The maximum absolute atomic E-state index is 12.6. The minimum absolute atomic E-state index is 0.0230. The standard InChI is InChI=1S/C29H32O5/c1-21(2)26(30)15-11-6-4-3-5-7-12-18-33-24-17-16-23-19-25(29(32)34-27(23)20-24)28(31)22-13-9-8-10-14-22/h8-10,13-14,16-17,19-20H,1,3-7,11-12,15,18H2,2H3. The summed E-state index contributed by atoms with van der Waals surface area (Å²) in [4.78, 5) is 36.5. The molecule has 0 aliphatic carbocycles. The summed E-state index contributed by atoms with van der Waals surface area (Å²) in [6.45, 7) is 6.04. The summed E-state index contributed by atoms with van der Waals surface area (Å²) in [6, 6.07) is 15.6. The first-order chi connectivity index (χ1) is 16.5. The zero-order chi connectivity index (χ0) is 24.3. The Balaban J connectivity index is 1.41. The van der Waals surface area contributed by atoms with E-state index in [1.807, 2.05) is 12.1 Å². The molecule has 34 heavy (non-hydrogen) atoms. The van der Waals surface area contributed by atoms with Crippen molar-refractivity contribution in [3.05, 3.63) is 88.3 Å². The van der Waals surface area contributed by atoms with E-state index in [2.05, 4.69) is 6.58 Å². The molecule has 5 nitrogen and oxygen atoms in total. The number of ether oxygens (including phenoxy) is 1. The lowest BCUT2D eigenvalue weighted by molar-refractivity contribution is -0.115. The van der Waals surface area contributed by atoms with Gasteiger partial charge in [-0.25, -0.2) is 4.79 Å². The second-order valence-corrected chi connectivity index (χ2v) is 8.62. The van der Waals surface area contributed by atoms with Crippen molar-refractivity contribution in [2.24, 2.45) is 0 Å². The van der Waals surface area contributed by atoms with Gasteiger partial charge in [0.1, 0.15) is 16.9 Å². The molecule has 0 unspecified atom stereocenters. The molecule has 1 heterocycles. The SMILES string of the molecule is C=C(C)C(=O)CCCCCCCCCOc1ccc2cc(C(=O)c3ccccc3)c(=O)oc2c1. The number of hydrogen-bond donors (Lipinski definition) is 0. The van der Waals surface area contributed by atoms with Crippen LogP contribution in [0.4, 0.5) is 0 Å². The van der Waals surface area contributed by atoms with Crippen LogP contribution in [0.2, 0.25) is 0 Å². The molecule has 0 saturated carbocycles. The van der Waals surface area contributed by atoms with Crippen molar-refractivity contribution < 1.29 is 18.7 Å². The summed E-state index contributed by atoms with van der Waals surface area (Å²) in [6.07, 6.45) is 8.10. The van der Waals surface area contributed by atoms with Gasteiger partial charge < -0.3 is 9.15 Å². The van der Waals surface area contributed by atoms with Crippen LogP contribution in [0.5, 0.6) is 5.75 Å². The van der Waals surface area contributed by atoms with Crippen molar-refractivity contribution in [3.63, 3.8) is 0 Å². The molecule has 3 rings (SSSR count). The molecule has 0 radical (unpaired) electrons. The highest BCUT2D eigenvalue weighted by molar-refractivity contribution is 6.09. The lowest BCUT2D eigenvalue weighted by atomic mass is 10.0. The van der Waals surface area contributed by atoms with Gasteiger partial charge >= 0.3 is 5.63 Å². The van der Waals surface area contributed by atoms with Crippen molar-refractivity contribution in [2.45, 2.75) is 58.3 Å². The summed E-state index contributed by atoms with van der Waals surface area (Å²) in [5.41, 5.74) is 0.873. The van der Waals surface area contributed by atoms with E-state index in [9.17, 15) is 14.4 Å². The van der Waals surface area contributed by atoms with Crippen LogP contribution < -0.4 is 10.4 Å². The third-order valence-corrected chi connectivity index (χ3v) is 5.78. The molecule has 1 aromatic heterocycles. The Kier molecular flexibility index (Phi) is 9.39. The molecular weight excluding hydrogens is 428 g/mol. The van der Waals surface area contributed by atoms with E-state index in [-0.39, 0.29) is 17.1 Å². The highest BCUT2D eigenvalue weighted by atomic mass is 16.5. The van der Waals surface area contributed by atoms with Crippen LogP contribution in [0, 0.1) is 0 Å². The number of ketones is 2. The van der Waals surface area contributed by atoms with E-state index in [1.54, 1.807) is 49.4 Å². The van der Waals surface area contributed by atoms with Crippen LogP contribution >= 0.6 is 0 Å². The third-order valence-electron chi connectivity index (χ3n) is 5.78. The summed E-state index contributed by atoms with van der Waals surface area (Å²) in [7, 11) is 0.